The van der Waals surface area contributed by atoms with Crippen molar-refractivity contribution in [2.75, 3.05) is 19.6 Å². The van der Waals surface area contributed by atoms with Crippen molar-refractivity contribution in [1.82, 2.24) is 10.2 Å². The minimum Gasteiger partial charge on any atom is -0.387 e. The lowest BCUT2D eigenvalue weighted by molar-refractivity contribution is 0.0848. The van der Waals surface area contributed by atoms with Crippen LogP contribution in [-0.4, -0.2) is 41.7 Å². The van der Waals surface area contributed by atoms with Crippen LogP contribution in [0.1, 0.15) is 31.1 Å². The number of aliphatic hydroxyl groups is 1. The van der Waals surface area contributed by atoms with Crippen molar-refractivity contribution >= 4 is 0 Å². The molecular formula is C15H21N3O. The molecule has 1 aromatic rings. The Morgan fingerprint density at radius 3 is 2.42 bits per heavy atom. The molecule has 102 valence electrons. The number of nitrogens with zero attached hydrogens (tertiary/aromatic N) is 2. The van der Waals surface area contributed by atoms with Gasteiger partial charge < -0.3 is 10.4 Å². The second-order valence-electron chi connectivity index (χ2n) is 5.44. The maximum absolute atomic E-state index is 10.3. The Kier molecular flexibility index (Phi) is 4.54. The molecule has 4 heteroatoms. The van der Waals surface area contributed by atoms with E-state index in [4.69, 9.17) is 5.26 Å². The first-order valence-corrected chi connectivity index (χ1v) is 6.75. The van der Waals surface area contributed by atoms with Gasteiger partial charge in [0, 0.05) is 31.7 Å². The molecule has 1 heterocycles. The average Bonchev–Trinajstić information content (AvgIpc) is 2.37. The van der Waals surface area contributed by atoms with Gasteiger partial charge in [-0.3, -0.25) is 4.90 Å². The van der Waals surface area contributed by atoms with Crippen LogP contribution in [-0.2, 0) is 0 Å². The van der Waals surface area contributed by atoms with E-state index in [-0.39, 0.29) is 0 Å². The molecule has 0 radical (unpaired) electrons. The first-order chi connectivity index (χ1) is 9.08. The number of hydrogen-bond donors (Lipinski definition) is 2. The normalized spacial score (nSPS) is 25.8. The number of rotatable bonds is 3. The zero-order valence-corrected chi connectivity index (χ0v) is 11.5. The molecular weight excluding hydrogens is 238 g/mol. The van der Waals surface area contributed by atoms with Crippen molar-refractivity contribution < 1.29 is 5.11 Å². The van der Waals surface area contributed by atoms with Crippen LogP contribution in [0.25, 0.3) is 0 Å². The summed E-state index contributed by atoms with van der Waals surface area (Å²) in [6.45, 7) is 6.88. The molecule has 0 saturated carbocycles. The van der Waals surface area contributed by atoms with Crippen LogP contribution in [0.2, 0.25) is 0 Å². The smallest absolute Gasteiger partial charge is 0.0991 e. The number of benzene rings is 1. The van der Waals surface area contributed by atoms with E-state index in [2.05, 4.69) is 30.1 Å². The van der Waals surface area contributed by atoms with Crippen LogP contribution in [0.3, 0.4) is 0 Å². The summed E-state index contributed by atoms with van der Waals surface area (Å²) in [7, 11) is 0. The Balaban J connectivity index is 1.96. The van der Waals surface area contributed by atoms with E-state index < -0.39 is 6.10 Å². The Bertz CT molecular complexity index is 441. The third-order valence-electron chi connectivity index (χ3n) is 3.49. The van der Waals surface area contributed by atoms with Crippen molar-refractivity contribution in [2.45, 2.75) is 32.0 Å². The third kappa shape index (κ3) is 3.77. The number of aliphatic hydroxyl groups excluding tert-OH is 1. The molecule has 2 N–H and O–H groups in total. The summed E-state index contributed by atoms with van der Waals surface area (Å²) in [5.41, 5.74) is 1.50. The molecule has 2 rings (SSSR count). The van der Waals surface area contributed by atoms with E-state index in [1.54, 1.807) is 12.1 Å². The molecule has 0 spiro atoms. The van der Waals surface area contributed by atoms with Crippen LogP contribution < -0.4 is 5.32 Å². The molecule has 0 aromatic heterocycles. The van der Waals surface area contributed by atoms with E-state index in [0.29, 0.717) is 24.2 Å². The van der Waals surface area contributed by atoms with Crippen molar-refractivity contribution in [1.29, 1.82) is 5.26 Å². The Hall–Kier alpha value is -1.41. The minimum atomic E-state index is -0.495. The molecule has 19 heavy (non-hydrogen) atoms. The summed E-state index contributed by atoms with van der Waals surface area (Å²) in [5, 5.41) is 22.5. The second-order valence-corrected chi connectivity index (χ2v) is 5.44. The van der Waals surface area contributed by atoms with Gasteiger partial charge >= 0.3 is 0 Å². The predicted octanol–water partition coefficient (Wildman–Crippen LogP) is 1.27. The van der Waals surface area contributed by atoms with Gasteiger partial charge in [-0.2, -0.15) is 5.26 Å². The SMILES string of the molecule is CC1CN(CC(O)c2ccc(C#N)cc2)CC(C)N1. The largest absolute Gasteiger partial charge is 0.387 e. The van der Waals surface area contributed by atoms with Crippen LogP contribution in [0, 0.1) is 11.3 Å². The van der Waals surface area contributed by atoms with Gasteiger partial charge in [0.1, 0.15) is 0 Å². The van der Waals surface area contributed by atoms with Gasteiger partial charge in [0.2, 0.25) is 0 Å². The topological polar surface area (TPSA) is 59.3 Å². The van der Waals surface area contributed by atoms with Gasteiger partial charge in [0.25, 0.3) is 0 Å². The molecule has 1 aliphatic heterocycles. The van der Waals surface area contributed by atoms with Gasteiger partial charge in [-0.15, -0.1) is 0 Å². The van der Waals surface area contributed by atoms with Crippen molar-refractivity contribution in [2.24, 2.45) is 0 Å². The average molecular weight is 259 g/mol. The van der Waals surface area contributed by atoms with E-state index in [1.807, 2.05) is 12.1 Å². The van der Waals surface area contributed by atoms with E-state index in [1.165, 1.54) is 0 Å². The standard InChI is InChI=1S/C15H21N3O/c1-11-8-18(9-12(2)17-11)10-15(19)14-5-3-13(7-16)4-6-14/h3-6,11-12,15,17,19H,8-10H2,1-2H3. The maximum Gasteiger partial charge on any atom is 0.0991 e. The van der Waals surface area contributed by atoms with E-state index >= 15 is 0 Å². The summed E-state index contributed by atoms with van der Waals surface area (Å²) < 4.78 is 0. The molecule has 1 aromatic carbocycles. The second kappa shape index (κ2) is 6.16. The highest BCUT2D eigenvalue weighted by Gasteiger charge is 2.23. The van der Waals surface area contributed by atoms with Gasteiger partial charge in [0.15, 0.2) is 0 Å². The summed E-state index contributed by atoms with van der Waals surface area (Å²) in [6, 6.07) is 10.2. The number of hydrogen-bond acceptors (Lipinski definition) is 4. The fraction of sp³-hybridized carbons (Fsp3) is 0.533. The molecule has 1 saturated heterocycles. The predicted molar refractivity (Wildman–Crippen MR) is 74.6 cm³/mol. The third-order valence-corrected chi connectivity index (χ3v) is 3.49. The molecule has 4 nitrogen and oxygen atoms in total. The first-order valence-electron chi connectivity index (χ1n) is 6.75. The summed E-state index contributed by atoms with van der Waals surface area (Å²) in [5.74, 6) is 0. The molecule has 0 amide bonds. The number of β-amino-alcohol motifs (C(OH)–C–C–N with tert-alkyl or cyclic N) is 1. The summed E-state index contributed by atoms with van der Waals surface area (Å²) in [6.07, 6.45) is -0.495. The van der Waals surface area contributed by atoms with Gasteiger partial charge in [-0.05, 0) is 31.5 Å². The van der Waals surface area contributed by atoms with Crippen LogP contribution in [0.15, 0.2) is 24.3 Å². The van der Waals surface area contributed by atoms with E-state index in [9.17, 15) is 5.11 Å². The lowest BCUT2D eigenvalue weighted by Crippen LogP contribution is -2.54. The zero-order chi connectivity index (χ0) is 13.8. The first kappa shape index (κ1) is 14.0. The molecule has 3 atom stereocenters. The summed E-state index contributed by atoms with van der Waals surface area (Å²) in [4.78, 5) is 2.29. The Labute approximate surface area is 114 Å². The van der Waals surface area contributed by atoms with Crippen molar-refractivity contribution in [3.8, 4) is 6.07 Å². The van der Waals surface area contributed by atoms with Gasteiger partial charge in [-0.1, -0.05) is 12.1 Å². The Morgan fingerprint density at radius 2 is 1.89 bits per heavy atom. The molecule has 1 aliphatic rings. The highest BCUT2D eigenvalue weighted by atomic mass is 16.3. The quantitative estimate of drug-likeness (QED) is 0.858. The number of piperazine rings is 1. The van der Waals surface area contributed by atoms with Gasteiger partial charge in [-0.25, -0.2) is 0 Å². The van der Waals surface area contributed by atoms with Crippen LogP contribution in [0.5, 0.6) is 0 Å². The fourth-order valence-corrected chi connectivity index (χ4v) is 2.72. The van der Waals surface area contributed by atoms with E-state index in [0.717, 1.165) is 18.7 Å². The number of nitriles is 1. The Morgan fingerprint density at radius 1 is 1.32 bits per heavy atom. The monoisotopic (exact) mass is 259 g/mol. The highest BCUT2D eigenvalue weighted by molar-refractivity contribution is 5.32. The van der Waals surface area contributed by atoms with Crippen LogP contribution >= 0.6 is 0 Å². The maximum atomic E-state index is 10.3. The highest BCUT2D eigenvalue weighted by Crippen LogP contribution is 2.16. The fourth-order valence-electron chi connectivity index (χ4n) is 2.72. The zero-order valence-electron chi connectivity index (χ0n) is 11.5. The molecule has 0 aliphatic carbocycles. The van der Waals surface area contributed by atoms with Crippen molar-refractivity contribution in [3.63, 3.8) is 0 Å². The van der Waals surface area contributed by atoms with Crippen LogP contribution in [0.4, 0.5) is 0 Å². The molecule has 1 fully saturated rings. The lowest BCUT2D eigenvalue weighted by Gasteiger charge is -2.37. The molecule has 3 unspecified atom stereocenters. The minimum absolute atomic E-state index is 0.455. The van der Waals surface area contributed by atoms with Gasteiger partial charge in [0.05, 0.1) is 17.7 Å². The number of nitrogens with one attached hydrogen (secondary N) is 1. The van der Waals surface area contributed by atoms with Crippen molar-refractivity contribution in [3.05, 3.63) is 35.4 Å². The summed E-state index contributed by atoms with van der Waals surface area (Å²) >= 11 is 0. The lowest BCUT2D eigenvalue weighted by atomic mass is 10.1. The molecule has 0 bridgehead atoms.